The van der Waals surface area contributed by atoms with Crippen molar-refractivity contribution in [2.75, 3.05) is 42.9 Å². The first-order valence-corrected chi connectivity index (χ1v) is 9.32. The molecule has 6 heteroatoms. The van der Waals surface area contributed by atoms with E-state index in [1.807, 2.05) is 36.1 Å². The Bertz CT molecular complexity index is 726. The lowest BCUT2D eigenvalue weighted by Gasteiger charge is -2.35. The third kappa shape index (κ3) is 4.71. The molecule has 1 aromatic carbocycles. The Hall–Kier alpha value is -2.63. The molecule has 0 radical (unpaired) electrons. The molecular weight excluding hydrogens is 326 g/mol. The summed E-state index contributed by atoms with van der Waals surface area (Å²) >= 11 is 0. The first-order chi connectivity index (χ1) is 12.7. The van der Waals surface area contributed by atoms with E-state index in [0.29, 0.717) is 6.42 Å². The van der Waals surface area contributed by atoms with Gasteiger partial charge in [-0.25, -0.2) is 9.97 Å². The Morgan fingerprint density at radius 2 is 1.85 bits per heavy atom. The maximum atomic E-state index is 12.5. The topological polar surface area (TPSA) is 61.4 Å². The van der Waals surface area contributed by atoms with Gasteiger partial charge >= 0.3 is 0 Å². The lowest BCUT2D eigenvalue weighted by molar-refractivity contribution is -0.131. The van der Waals surface area contributed by atoms with Gasteiger partial charge in [0.25, 0.3) is 0 Å². The van der Waals surface area contributed by atoms with Crippen LogP contribution in [-0.4, -0.2) is 53.5 Å². The van der Waals surface area contributed by atoms with Gasteiger partial charge < -0.3 is 15.1 Å². The van der Waals surface area contributed by atoms with Crippen LogP contribution in [0.4, 0.5) is 11.6 Å². The van der Waals surface area contributed by atoms with E-state index in [9.17, 15) is 4.79 Å². The summed E-state index contributed by atoms with van der Waals surface area (Å²) in [6.45, 7) is 7.89. The molecule has 0 bridgehead atoms. The number of nitrogens with one attached hydrogen (secondary N) is 1. The number of amides is 1. The summed E-state index contributed by atoms with van der Waals surface area (Å²) in [5, 5.41) is 3.24. The minimum absolute atomic E-state index is 0.237. The number of benzene rings is 1. The number of piperazine rings is 1. The summed E-state index contributed by atoms with van der Waals surface area (Å²) in [5.74, 6) is 2.79. The van der Waals surface area contributed by atoms with Crippen LogP contribution < -0.4 is 10.2 Å². The van der Waals surface area contributed by atoms with Crippen LogP contribution in [0, 0.1) is 6.92 Å². The fourth-order valence-corrected chi connectivity index (χ4v) is 3.22. The van der Waals surface area contributed by atoms with Gasteiger partial charge in [-0.2, -0.15) is 0 Å². The minimum atomic E-state index is 0.237. The molecule has 0 atom stereocenters. The molecule has 0 saturated carbocycles. The van der Waals surface area contributed by atoms with Gasteiger partial charge in [0.05, 0.1) is 0 Å². The van der Waals surface area contributed by atoms with Crippen molar-refractivity contribution in [3.05, 3.63) is 47.8 Å². The predicted molar refractivity (Wildman–Crippen MR) is 104 cm³/mol. The normalized spacial score (nSPS) is 14.4. The smallest absolute Gasteiger partial charge is 0.223 e. The van der Waals surface area contributed by atoms with Crippen LogP contribution in [0.1, 0.15) is 24.7 Å². The molecule has 1 aromatic heterocycles. The lowest BCUT2D eigenvalue weighted by atomic mass is 10.1. The molecule has 2 aromatic rings. The Morgan fingerprint density at radius 1 is 1.12 bits per heavy atom. The van der Waals surface area contributed by atoms with E-state index in [2.05, 4.69) is 39.2 Å². The number of carbonyl (C=O) groups is 1. The van der Waals surface area contributed by atoms with Gasteiger partial charge in [-0.1, -0.05) is 30.3 Å². The van der Waals surface area contributed by atoms with E-state index in [1.165, 1.54) is 5.56 Å². The maximum Gasteiger partial charge on any atom is 0.223 e. The highest BCUT2D eigenvalue weighted by atomic mass is 16.2. The van der Waals surface area contributed by atoms with Crippen LogP contribution in [0.5, 0.6) is 0 Å². The summed E-state index contributed by atoms with van der Waals surface area (Å²) in [6.07, 6.45) is 1.37. The molecule has 0 aliphatic carbocycles. The number of rotatable bonds is 6. The van der Waals surface area contributed by atoms with E-state index in [-0.39, 0.29) is 5.91 Å². The predicted octanol–water partition coefficient (Wildman–Crippen LogP) is 2.50. The van der Waals surface area contributed by atoms with E-state index < -0.39 is 0 Å². The number of anilines is 2. The Morgan fingerprint density at radius 3 is 2.54 bits per heavy atom. The highest BCUT2D eigenvalue weighted by Gasteiger charge is 2.22. The molecule has 0 spiro atoms. The van der Waals surface area contributed by atoms with Crippen LogP contribution in [0.25, 0.3) is 0 Å². The summed E-state index contributed by atoms with van der Waals surface area (Å²) in [6, 6.07) is 12.2. The first-order valence-electron chi connectivity index (χ1n) is 9.32. The minimum Gasteiger partial charge on any atom is -0.370 e. The second-order valence-corrected chi connectivity index (χ2v) is 6.54. The molecule has 26 heavy (non-hydrogen) atoms. The number of hydrogen-bond donors (Lipinski definition) is 1. The van der Waals surface area contributed by atoms with Crippen molar-refractivity contribution in [3.8, 4) is 0 Å². The van der Waals surface area contributed by atoms with Gasteiger partial charge in [0, 0.05) is 45.2 Å². The summed E-state index contributed by atoms with van der Waals surface area (Å²) in [7, 11) is 0. The summed E-state index contributed by atoms with van der Waals surface area (Å²) < 4.78 is 0. The zero-order chi connectivity index (χ0) is 18.4. The van der Waals surface area contributed by atoms with Crippen LogP contribution >= 0.6 is 0 Å². The average molecular weight is 353 g/mol. The van der Waals surface area contributed by atoms with E-state index in [1.54, 1.807) is 0 Å². The molecule has 1 aliphatic heterocycles. The summed E-state index contributed by atoms with van der Waals surface area (Å²) in [4.78, 5) is 25.6. The Kier molecular flexibility index (Phi) is 6.04. The quantitative estimate of drug-likeness (QED) is 0.865. The second kappa shape index (κ2) is 8.65. The third-order valence-corrected chi connectivity index (χ3v) is 4.61. The van der Waals surface area contributed by atoms with Crippen LogP contribution in [0.3, 0.4) is 0 Å². The second-order valence-electron chi connectivity index (χ2n) is 6.54. The van der Waals surface area contributed by atoms with Crippen molar-refractivity contribution < 1.29 is 4.79 Å². The number of hydrogen-bond acceptors (Lipinski definition) is 5. The molecule has 2 heterocycles. The van der Waals surface area contributed by atoms with E-state index in [0.717, 1.165) is 56.6 Å². The summed E-state index contributed by atoms with van der Waals surface area (Å²) in [5.41, 5.74) is 1.21. The first kappa shape index (κ1) is 18.2. The zero-order valence-electron chi connectivity index (χ0n) is 15.6. The number of aryl methyl sites for hydroxylation is 2. The van der Waals surface area contributed by atoms with Crippen molar-refractivity contribution >= 4 is 17.5 Å². The fourth-order valence-electron chi connectivity index (χ4n) is 3.22. The van der Waals surface area contributed by atoms with Gasteiger partial charge in [0.1, 0.15) is 17.5 Å². The molecule has 3 rings (SSSR count). The van der Waals surface area contributed by atoms with Crippen molar-refractivity contribution in [2.45, 2.75) is 26.7 Å². The SMILES string of the molecule is CCNc1cc(N2CCN(C(=O)CCc3ccccc3)CC2)nc(C)n1. The van der Waals surface area contributed by atoms with Gasteiger partial charge in [-0.05, 0) is 25.8 Å². The largest absolute Gasteiger partial charge is 0.370 e. The van der Waals surface area contributed by atoms with Crippen molar-refractivity contribution in [3.63, 3.8) is 0 Å². The number of nitrogens with zero attached hydrogens (tertiary/aromatic N) is 4. The van der Waals surface area contributed by atoms with Crippen LogP contribution in [-0.2, 0) is 11.2 Å². The number of aromatic nitrogens is 2. The highest BCUT2D eigenvalue weighted by Crippen LogP contribution is 2.18. The van der Waals surface area contributed by atoms with Crippen molar-refractivity contribution in [2.24, 2.45) is 0 Å². The molecule has 1 saturated heterocycles. The van der Waals surface area contributed by atoms with Crippen molar-refractivity contribution in [1.29, 1.82) is 0 Å². The molecule has 1 aliphatic rings. The van der Waals surface area contributed by atoms with Crippen LogP contribution in [0.2, 0.25) is 0 Å². The van der Waals surface area contributed by atoms with Crippen LogP contribution in [0.15, 0.2) is 36.4 Å². The van der Waals surface area contributed by atoms with Gasteiger partial charge in [-0.3, -0.25) is 4.79 Å². The standard InChI is InChI=1S/C20H27N5O/c1-3-21-18-15-19(23-16(2)22-18)24-11-13-25(14-12-24)20(26)10-9-17-7-5-4-6-8-17/h4-8,15H,3,9-14H2,1-2H3,(H,21,22,23). The zero-order valence-corrected chi connectivity index (χ0v) is 15.6. The van der Waals surface area contributed by atoms with Gasteiger partial charge in [0.15, 0.2) is 0 Å². The molecule has 6 nitrogen and oxygen atoms in total. The Balaban J connectivity index is 1.53. The monoisotopic (exact) mass is 353 g/mol. The van der Waals surface area contributed by atoms with Crippen molar-refractivity contribution in [1.82, 2.24) is 14.9 Å². The number of carbonyl (C=O) groups excluding carboxylic acids is 1. The maximum absolute atomic E-state index is 12.5. The molecular formula is C20H27N5O. The van der Waals surface area contributed by atoms with Gasteiger partial charge in [0.2, 0.25) is 5.91 Å². The highest BCUT2D eigenvalue weighted by molar-refractivity contribution is 5.76. The van der Waals surface area contributed by atoms with E-state index in [4.69, 9.17) is 0 Å². The third-order valence-electron chi connectivity index (χ3n) is 4.61. The molecule has 0 unspecified atom stereocenters. The lowest BCUT2D eigenvalue weighted by Crippen LogP contribution is -2.49. The van der Waals surface area contributed by atoms with E-state index >= 15 is 0 Å². The fraction of sp³-hybridized carbons (Fsp3) is 0.450. The Labute approximate surface area is 155 Å². The average Bonchev–Trinajstić information content (AvgIpc) is 2.67. The van der Waals surface area contributed by atoms with Gasteiger partial charge in [-0.15, -0.1) is 0 Å². The molecule has 1 N–H and O–H groups in total. The molecule has 1 amide bonds. The molecule has 138 valence electrons. The molecule has 1 fully saturated rings.